The summed E-state index contributed by atoms with van der Waals surface area (Å²) in [5, 5.41) is 0. The van der Waals surface area contributed by atoms with Gasteiger partial charge in [0.25, 0.3) is 15.9 Å². The zero-order valence-corrected chi connectivity index (χ0v) is 19.7. The number of para-hydroxylation sites is 1. The van der Waals surface area contributed by atoms with Crippen molar-refractivity contribution < 1.29 is 22.7 Å². The van der Waals surface area contributed by atoms with Gasteiger partial charge >= 0.3 is 5.97 Å². The van der Waals surface area contributed by atoms with Crippen LogP contribution in [0.5, 0.6) is 0 Å². The third kappa shape index (κ3) is 3.54. The first-order valence-electron chi connectivity index (χ1n) is 11.1. The molecule has 174 valence electrons. The molecule has 3 aromatic rings. The molecule has 0 spiro atoms. The van der Waals surface area contributed by atoms with Crippen molar-refractivity contribution in [3.05, 3.63) is 89.0 Å². The molecule has 2 aliphatic rings. The van der Waals surface area contributed by atoms with Gasteiger partial charge < -0.3 is 9.64 Å². The Balaban J connectivity index is 1.46. The summed E-state index contributed by atoms with van der Waals surface area (Å²) in [5.74, 6) is -0.709. The van der Waals surface area contributed by atoms with E-state index in [9.17, 15) is 18.0 Å². The molecule has 0 N–H and O–H groups in total. The molecular weight excluding hydrogens is 452 g/mol. The molecule has 0 saturated carbocycles. The van der Waals surface area contributed by atoms with Crippen molar-refractivity contribution in [3.8, 4) is 0 Å². The first kappa shape index (κ1) is 22.2. The molecule has 2 heterocycles. The molecule has 0 aromatic heterocycles. The summed E-state index contributed by atoms with van der Waals surface area (Å²) < 4.78 is 33.4. The van der Waals surface area contributed by atoms with E-state index in [0.717, 1.165) is 11.1 Å². The minimum atomic E-state index is -3.85. The lowest BCUT2D eigenvalue weighted by Crippen LogP contribution is -2.36. The maximum absolute atomic E-state index is 13.6. The second-order valence-electron chi connectivity index (χ2n) is 8.55. The number of benzene rings is 3. The number of rotatable bonds is 4. The number of ether oxygens (including phenoxy) is 1. The molecule has 0 fully saturated rings. The van der Waals surface area contributed by atoms with E-state index in [1.165, 1.54) is 23.5 Å². The quantitative estimate of drug-likeness (QED) is 0.535. The monoisotopic (exact) mass is 476 g/mol. The second-order valence-corrected chi connectivity index (χ2v) is 10.4. The van der Waals surface area contributed by atoms with E-state index < -0.39 is 16.0 Å². The number of nitrogens with zero attached hydrogens (tertiary/aromatic N) is 2. The highest BCUT2D eigenvalue weighted by Gasteiger charge is 2.36. The Morgan fingerprint density at radius 2 is 1.71 bits per heavy atom. The van der Waals surface area contributed by atoms with Gasteiger partial charge in [0.15, 0.2) is 0 Å². The first-order valence-corrected chi connectivity index (χ1v) is 12.5. The average Bonchev–Trinajstić information content (AvgIpc) is 3.43. The van der Waals surface area contributed by atoms with Gasteiger partial charge in [-0.15, -0.1) is 0 Å². The van der Waals surface area contributed by atoms with Crippen LogP contribution in [0, 0.1) is 0 Å². The Morgan fingerprint density at radius 1 is 0.912 bits per heavy atom. The molecule has 8 heteroatoms. The Labute approximate surface area is 198 Å². The molecule has 1 atom stereocenters. The fourth-order valence-electron chi connectivity index (χ4n) is 4.82. The Bertz CT molecular complexity index is 1420. The summed E-state index contributed by atoms with van der Waals surface area (Å²) in [4.78, 5) is 26.9. The van der Waals surface area contributed by atoms with Gasteiger partial charge in [-0.2, -0.15) is 0 Å². The van der Waals surface area contributed by atoms with Gasteiger partial charge in [-0.3, -0.25) is 9.10 Å². The number of hydrogen-bond acceptors (Lipinski definition) is 5. The van der Waals surface area contributed by atoms with Crippen molar-refractivity contribution in [2.24, 2.45) is 0 Å². The summed E-state index contributed by atoms with van der Waals surface area (Å²) in [7, 11) is -2.52. The summed E-state index contributed by atoms with van der Waals surface area (Å²) >= 11 is 0. The van der Waals surface area contributed by atoms with Crippen LogP contribution in [-0.2, 0) is 27.6 Å². The fourth-order valence-corrected chi connectivity index (χ4v) is 6.56. The minimum Gasteiger partial charge on any atom is -0.465 e. The van der Waals surface area contributed by atoms with Crippen LogP contribution in [0.2, 0.25) is 0 Å². The molecule has 1 unspecified atom stereocenters. The van der Waals surface area contributed by atoms with Crippen molar-refractivity contribution in [2.45, 2.75) is 30.7 Å². The normalized spacial score (nSPS) is 16.8. The van der Waals surface area contributed by atoms with E-state index in [1.54, 1.807) is 35.2 Å². The maximum Gasteiger partial charge on any atom is 0.337 e. The highest BCUT2D eigenvalue weighted by Crippen LogP contribution is 2.37. The van der Waals surface area contributed by atoms with Crippen LogP contribution in [0.25, 0.3) is 0 Å². The van der Waals surface area contributed by atoms with E-state index in [-0.39, 0.29) is 16.8 Å². The second kappa shape index (κ2) is 8.29. The summed E-state index contributed by atoms with van der Waals surface area (Å²) in [6.07, 6.45) is 1.25. The molecule has 34 heavy (non-hydrogen) atoms. The number of carbonyl (C=O) groups is 2. The number of methoxy groups -OCH3 is 1. The number of esters is 1. The molecular formula is C26H24N2O5S. The minimum absolute atomic E-state index is 0.0855. The number of sulfonamides is 1. The summed E-state index contributed by atoms with van der Waals surface area (Å²) in [6, 6.07) is 18.6. The fraction of sp³-hybridized carbons (Fsp3) is 0.231. The molecule has 0 bridgehead atoms. The van der Waals surface area contributed by atoms with Gasteiger partial charge in [-0.25, -0.2) is 13.2 Å². The zero-order valence-electron chi connectivity index (χ0n) is 18.9. The summed E-state index contributed by atoms with van der Waals surface area (Å²) in [6.45, 7) is 2.34. The molecule has 0 saturated heterocycles. The average molecular weight is 477 g/mol. The number of fused-ring (bicyclic) bond motifs is 2. The number of hydrogen-bond donors (Lipinski definition) is 0. The predicted molar refractivity (Wildman–Crippen MR) is 129 cm³/mol. The van der Waals surface area contributed by atoms with E-state index in [0.29, 0.717) is 41.9 Å². The van der Waals surface area contributed by atoms with E-state index in [2.05, 4.69) is 0 Å². The highest BCUT2D eigenvalue weighted by molar-refractivity contribution is 7.92. The topological polar surface area (TPSA) is 84.0 Å². The van der Waals surface area contributed by atoms with Gasteiger partial charge in [0.2, 0.25) is 0 Å². The lowest BCUT2D eigenvalue weighted by Gasteiger charge is -2.25. The number of carbonyl (C=O) groups excluding carboxylic acids is 2. The van der Waals surface area contributed by atoms with Crippen LogP contribution in [0.4, 0.5) is 11.4 Å². The van der Waals surface area contributed by atoms with Gasteiger partial charge in [-0.1, -0.05) is 24.3 Å². The van der Waals surface area contributed by atoms with E-state index in [1.807, 2.05) is 31.2 Å². The van der Waals surface area contributed by atoms with Crippen LogP contribution < -0.4 is 9.21 Å². The van der Waals surface area contributed by atoms with Crippen molar-refractivity contribution in [2.75, 3.05) is 22.9 Å². The van der Waals surface area contributed by atoms with Crippen LogP contribution in [0.1, 0.15) is 38.8 Å². The first-order chi connectivity index (χ1) is 16.3. The summed E-state index contributed by atoms with van der Waals surface area (Å²) in [5.41, 5.74) is 4.00. The van der Waals surface area contributed by atoms with E-state index >= 15 is 0 Å². The van der Waals surface area contributed by atoms with Crippen LogP contribution in [-0.4, -0.2) is 40.0 Å². The predicted octanol–water partition coefficient (Wildman–Crippen LogP) is 3.82. The Hall–Kier alpha value is -3.65. The number of amides is 1. The SMILES string of the molecule is COC(=O)c1ccc2c(c1)CCN2C(=O)c1cccc(S(=O)(=O)N2c3ccccc3CC2C)c1. The van der Waals surface area contributed by atoms with Crippen molar-refractivity contribution in [3.63, 3.8) is 0 Å². The third-order valence-electron chi connectivity index (χ3n) is 6.42. The van der Waals surface area contributed by atoms with Gasteiger partial charge in [0.05, 0.1) is 23.3 Å². The molecule has 7 nitrogen and oxygen atoms in total. The molecule has 1 amide bonds. The van der Waals surface area contributed by atoms with Crippen LogP contribution in [0.3, 0.4) is 0 Å². The van der Waals surface area contributed by atoms with Crippen molar-refractivity contribution in [1.29, 1.82) is 0 Å². The van der Waals surface area contributed by atoms with Crippen molar-refractivity contribution >= 4 is 33.3 Å². The Morgan fingerprint density at radius 3 is 2.50 bits per heavy atom. The molecule has 3 aromatic carbocycles. The number of anilines is 2. The molecule has 5 rings (SSSR count). The zero-order chi connectivity index (χ0) is 24.0. The van der Waals surface area contributed by atoms with Crippen LogP contribution >= 0.6 is 0 Å². The van der Waals surface area contributed by atoms with Crippen LogP contribution in [0.15, 0.2) is 71.6 Å². The standard InChI is InChI=1S/C26H24N2O5S/c1-17-14-18-6-3-4-9-24(18)28(17)34(31,32)22-8-5-7-20(16-22)25(29)27-13-12-19-15-21(26(30)33-2)10-11-23(19)27/h3-11,15-17H,12-14H2,1-2H3. The third-order valence-corrected chi connectivity index (χ3v) is 8.35. The van der Waals surface area contributed by atoms with Gasteiger partial charge in [0.1, 0.15) is 0 Å². The lowest BCUT2D eigenvalue weighted by molar-refractivity contribution is 0.0600. The Kier molecular flexibility index (Phi) is 5.40. The van der Waals surface area contributed by atoms with E-state index in [4.69, 9.17) is 4.74 Å². The molecule has 0 aliphatic carbocycles. The lowest BCUT2D eigenvalue weighted by atomic mass is 10.1. The molecule has 2 aliphatic heterocycles. The molecule has 0 radical (unpaired) electrons. The van der Waals surface area contributed by atoms with Gasteiger partial charge in [-0.05, 0) is 73.4 Å². The van der Waals surface area contributed by atoms with Crippen molar-refractivity contribution in [1.82, 2.24) is 0 Å². The maximum atomic E-state index is 13.6. The van der Waals surface area contributed by atoms with Gasteiger partial charge in [0, 0.05) is 23.8 Å². The highest BCUT2D eigenvalue weighted by atomic mass is 32.2. The largest absolute Gasteiger partial charge is 0.465 e. The smallest absolute Gasteiger partial charge is 0.337 e.